The minimum atomic E-state index is 0.109. The molecule has 1 aliphatic rings. The predicted molar refractivity (Wildman–Crippen MR) is 124 cm³/mol. The largest absolute Gasteiger partial charge is 0.356 e. The minimum Gasteiger partial charge on any atom is -0.356 e. The van der Waals surface area contributed by atoms with Gasteiger partial charge in [-0.15, -0.1) is 0 Å². The van der Waals surface area contributed by atoms with Crippen molar-refractivity contribution in [2.75, 3.05) is 5.32 Å². The van der Waals surface area contributed by atoms with Gasteiger partial charge in [0, 0.05) is 23.2 Å². The van der Waals surface area contributed by atoms with Crippen LogP contribution in [0.25, 0.3) is 11.3 Å². The summed E-state index contributed by atoms with van der Waals surface area (Å²) < 4.78 is 5.67. The van der Waals surface area contributed by atoms with Crippen LogP contribution < -0.4 is 5.32 Å². The smallest absolute Gasteiger partial charge is 0.224 e. The summed E-state index contributed by atoms with van der Waals surface area (Å²) in [7, 11) is 0. The quantitative estimate of drug-likeness (QED) is 0.371. The van der Waals surface area contributed by atoms with Crippen molar-refractivity contribution >= 4 is 11.6 Å². The molecule has 0 spiro atoms. The molecule has 1 aromatic carbocycles. The molecule has 1 aromatic heterocycles. The van der Waals surface area contributed by atoms with Gasteiger partial charge in [0.05, 0.1) is 5.69 Å². The molecule has 0 aliphatic heterocycles. The van der Waals surface area contributed by atoms with E-state index in [0.29, 0.717) is 6.42 Å². The maximum absolute atomic E-state index is 12.5. The van der Waals surface area contributed by atoms with E-state index in [9.17, 15) is 4.79 Å². The zero-order valence-corrected chi connectivity index (χ0v) is 18.9. The molecule has 0 unspecified atom stereocenters. The third-order valence-corrected chi connectivity index (χ3v) is 6.24. The number of unbranched alkanes of at least 4 members (excludes halogenated alkanes) is 8. The number of carbonyl (C=O) groups excluding carboxylic acids is 1. The summed E-state index contributed by atoms with van der Waals surface area (Å²) in [5, 5.41) is 7.39. The number of nitrogens with one attached hydrogen (secondary N) is 1. The number of aryl methyl sites for hydroxylation is 2. The van der Waals surface area contributed by atoms with E-state index in [1.54, 1.807) is 0 Å². The van der Waals surface area contributed by atoms with E-state index in [0.717, 1.165) is 54.0 Å². The second-order valence-corrected chi connectivity index (χ2v) is 8.80. The molecule has 0 fully saturated rings. The Morgan fingerprint density at radius 3 is 2.47 bits per heavy atom. The number of aromatic nitrogens is 1. The van der Waals surface area contributed by atoms with Gasteiger partial charge in [-0.05, 0) is 50.7 Å². The van der Waals surface area contributed by atoms with Crippen LogP contribution in [-0.2, 0) is 17.6 Å². The summed E-state index contributed by atoms with van der Waals surface area (Å²) in [6.07, 6.45) is 16.4. The Labute approximate surface area is 181 Å². The predicted octanol–water partition coefficient (Wildman–Crippen LogP) is 7.39. The summed E-state index contributed by atoms with van der Waals surface area (Å²) >= 11 is 0. The molecule has 0 saturated carbocycles. The Kier molecular flexibility index (Phi) is 8.98. The summed E-state index contributed by atoms with van der Waals surface area (Å²) in [6, 6.07) is 6.17. The lowest BCUT2D eigenvalue weighted by molar-refractivity contribution is -0.116. The van der Waals surface area contributed by atoms with Crippen molar-refractivity contribution in [3.63, 3.8) is 0 Å². The fraction of sp³-hybridized carbons (Fsp3) is 0.615. The number of amides is 1. The van der Waals surface area contributed by atoms with Crippen LogP contribution in [0.5, 0.6) is 0 Å². The summed E-state index contributed by atoms with van der Waals surface area (Å²) in [6.45, 7) is 4.29. The summed E-state index contributed by atoms with van der Waals surface area (Å²) in [5.74, 6) is 0.983. The number of benzene rings is 1. The van der Waals surface area contributed by atoms with Gasteiger partial charge in [-0.25, -0.2) is 0 Å². The van der Waals surface area contributed by atoms with Gasteiger partial charge < -0.3 is 9.84 Å². The van der Waals surface area contributed by atoms with Crippen LogP contribution in [-0.4, -0.2) is 11.1 Å². The first-order valence-corrected chi connectivity index (χ1v) is 12.1. The first-order valence-electron chi connectivity index (χ1n) is 12.1. The lowest BCUT2D eigenvalue weighted by atomic mass is 9.93. The van der Waals surface area contributed by atoms with Crippen LogP contribution >= 0.6 is 0 Å². The SMILES string of the molecule is CCCCCCCCCCCC(=O)Nc1cc(-c2onc3c2CCCC3)ccc1C. The molecule has 3 rings (SSSR count). The first kappa shape index (κ1) is 22.6. The number of nitrogens with zero attached hydrogens (tertiary/aromatic N) is 1. The molecule has 0 radical (unpaired) electrons. The normalized spacial score (nSPS) is 13.3. The second kappa shape index (κ2) is 11.9. The standard InChI is InChI=1S/C26H38N2O2/c1-3-4-5-6-7-8-9-10-11-16-25(29)27-24-19-21(18-17-20(24)2)26-22-14-12-13-15-23(22)28-30-26/h17-19H,3-16H2,1-2H3,(H,27,29). The fourth-order valence-electron chi connectivity index (χ4n) is 4.32. The molecule has 164 valence electrons. The van der Waals surface area contributed by atoms with Crippen LogP contribution in [0.2, 0.25) is 0 Å². The van der Waals surface area contributed by atoms with Crippen molar-refractivity contribution in [3.05, 3.63) is 35.0 Å². The van der Waals surface area contributed by atoms with E-state index in [1.165, 1.54) is 63.4 Å². The average molecular weight is 411 g/mol. The molecule has 30 heavy (non-hydrogen) atoms. The topological polar surface area (TPSA) is 55.1 Å². The number of hydrogen-bond acceptors (Lipinski definition) is 3. The highest BCUT2D eigenvalue weighted by molar-refractivity contribution is 5.92. The number of rotatable bonds is 12. The van der Waals surface area contributed by atoms with Crippen molar-refractivity contribution in [1.82, 2.24) is 5.16 Å². The number of fused-ring (bicyclic) bond motifs is 1. The first-order chi connectivity index (χ1) is 14.7. The van der Waals surface area contributed by atoms with Crippen LogP contribution in [0.15, 0.2) is 22.7 Å². The van der Waals surface area contributed by atoms with Gasteiger partial charge in [-0.2, -0.15) is 0 Å². The molecule has 2 aromatic rings. The molecule has 4 heteroatoms. The van der Waals surface area contributed by atoms with Gasteiger partial charge in [0.25, 0.3) is 0 Å². The zero-order valence-electron chi connectivity index (χ0n) is 18.9. The van der Waals surface area contributed by atoms with Gasteiger partial charge in [0.2, 0.25) is 5.91 Å². The Balaban J connectivity index is 1.45. The van der Waals surface area contributed by atoms with E-state index in [-0.39, 0.29) is 5.91 Å². The highest BCUT2D eigenvalue weighted by atomic mass is 16.5. The van der Waals surface area contributed by atoms with Gasteiger partial charge in [-0.1, -0.05) is 75.6 Å². The Hall–Kier alpha value is -2.10. The van der Waals surface area contributed by atoms with Crippen molar-refractivity contribution in [2.45, 2.75) is 104 Å². The van der Waals surface area contributed by atoms with Crippen LogP contribution in [0, 0.1) is 6.92 Å². The molecule has 0 saturated heterocycles. The van der Waals surface area contributed by atoms with Gasteiger partial charge >= 0.3 is 0 Å². The van der Waals surface area contributed by atoms with E-state index < -0.39 is 0 Å². The lowest BCUT2D eigenvalue weighted by Crippen LogP contribution is -2.12. The number of hydrogen-bond donors (Lipinski definition) is 1. The van der Waals surface area contributed by atoms with Gasteiger partial charge in [-0.3, -0.25) is 4.79 Å². The van der Waals surface area contributed by atoms with Crippen molar-refractivity contribution in [1.29, 1.82) is 0 Å². The molecular weight excluding hydrogens is 372 g/mol. The highest BCUT2D eigenvalue weighted by Gasteiger charge is 2.21. The minimum absolute atomic E-state index is 0.109. The van der Waals surface area contributed by atoms with Crippen LogP contribution in [0.4, 0.5) is 5.69 Å². The maximum Gasteiger partial charge on any atom is 0.224 e. The van der Waals surface area contributed by atoms with E-state index >= 15 is 0 Å². The third-order valence-electron chi connectivity index (χ3n) is 6.24. The third kappa shape index (κ3) is 6.45. The van der Waals surface area contributed by atoms with Crippen molar-refractivity contribution < 1.29 is 9.32 Å². The highest BCUT2D eigenvalue weighted by Crippen LogP contribution is 2.33. The molecule has 1 N–H and O–H groups in total. The second-order valence-electron chi connectivity index (χ2n) is 8.80. The molecule has 0 atom stereocenters. The van der Waals surface area contributed by atoms with Crippen molar-refractivity contribution in [2.24, 2.45) is 0 Å². The van der Waals surface area contributed by atoms with Crippen molar-refractivity contribution in [3.8, 4) is 11.3 Å². The molecule has 1 aliphatic carbocycles. The molecule has 1 heterocycles. The van der Waals surface area contributed by atoms with Gasteiger partial charge in [0.1, 0.15) is 0 Å². The van der Waals surface area contributed by atoms with Crippen LogP contribution in [0.1, 0.15) is 101 Å². The summed E-state index contributed by atoms with van der Waals surface area (Å²) in [5.41, 5.74) is 5.32. The lowest BCUT2D eigenvalue weighted by Gasteiger charge is -2.12. The number of carbonyl (C=O) groups is 1. The fourth-order valence-corrected chi connectivity index (χ4v) is 4.32. The van der Waals surface area contributed by atoms with Crippen LogP contribution in [0.3, 0.4) is 0 Å². The van der Waals surface area contributed by atoms with E-state index in [1.807, 2.05) is 13.0 Å². The molecule has 4 nitrogen and oxygen atoms in total. The molecular formula is C26H38N2O2. The number of anilines is 1. The zero-order chi connectivity index (χ0) is 21.2. The Bertz CT molecular complexity index is 809. The Morgan fingerprint density at radius 2 is 1.70 bits per heavy atom. The summed E-state index contributed by atoms with van der Waals surface area (Å²) in [4.78, 5) is 12.5. The van der Waals surface area contributed by atoms with E-state index in [4.69, 9.17) is 4.52 Å². The average Bonchev–Trinajstić information content (AvgIpc) is 3.18. The monoisotopic (exact) mass is 410 g/mol. The van der Waals surface area contributed by atoms with Gasteiger partial charge in [0.15, 0.2) is 5.76 Å². The Morgan fingerprint density at radius 1 is 1.00 bits per heavy atom. The maximum atomic E-state index is 12.5. The van der Waals surface area contributed by atoms with E-state index in [2.05, 4.69) is 29.5 Å². The molecule has 0 bridgehead atoms. The molecule has 1 amide bonds.